The van der Waals surface area contributed by atoms with Crippen LogP contribution < -0.4 is 15.6 Å². The predicted octanol–water partition coefficient (Wildman–Crippen LogP) is 5.04. The van der Waals surface area contributed by atoms with E-state index in [-0.39, 0.29) is 54.0 Å². The number of benzene rings is 1. The lowest BCUT2D eigenvalue weighted by Gasteiger charge is -2.35. The summed E-state index contributed by atoms with van der Waals surface area (Å²) in [6.45, 7) is 3.68. The van der Waals surface area contributed by atoms with E-state index in [1.54, 1.807) is 6.20 Å². The van der Waals surface area contributed by atoms with Gasteiger partial charge in [-0.15, -0.1) is 0 Å². The summed E-state index contributed by atoms with van der Waals surface area (Å²) in [6.07, 6.45) is 5.75. The summed E-state index contributed by atoms with van der Waals surface area (Å²) in [5.41, 5.74) is -0.918. The van der Waals surface area contributed by atoms with Gasteiger partial charge in [-0.3, -0.25) is 14.1 Å². The smallest absolute Gasteiger partial charge is 0.278 e. The molecule has 0 aliphatic heterocycles. The van der Waals surface area contributed by atoms with Crippen molar-refractivity contribution in [3.63, 3.8) is 0 Å². The summed E-state index contributed by atoms with van der Waals surface area (Å²) in [5.74, 6) is -3.92. The van der Waals surface area contributed by atoms with Crippen molar-refractivity contribution in [1.29, 1.82) is 0 Å². The van der Waals surface area contributed by atoms with Crippen molar-refractivity contribution < 1.29 is 21.6 Å². The van der Waals surface area contributed by atoms with E-state index in [4.69, 9.17) is 0 Å². The van der Waals surface area contributed by atoms with E-state index in [9.17, 15) is 22.0 Å². The number of nitrogens with zero attached hydrogens (tertiary/aromatic N) is 5. The molecule has 238 valence electrons. The Hall–Kier alpha value is -3.26. The van der Waals surface area contributed by atoms with Gasteiger partial charge < -0.3 is 10.2 Å². The third-order valence-corrected chi connectivity index (χ3v) is 10.9. The topological polar surface area (TPSA) is 122 Å². The van der Waals surface area contributed by atoms with Crippen LogP contribution in [0.1, 0.15) is 64.8 Å². The Bertz CT molecular complexity index is 1750. The Kier molecular flexibility index (Phi) is 7.67. The number of halogens is 3. The molecule has 44 heavy (non-hydrogen) atoms. The molecule has 1 spiro atoms. The minimum absolute atomic E-state index is 0.0176. The van der Waals surface area contributed by atoms with Gasteiger partial charge in [0.1, 0.15) is 17.0 Å². The van der Waals surface area contributed by atoms with Gasteiger partial charge in [-0.2, -0.15) is 4.98 Å². The van der Waals surface area contributed by atoms with Gasteiger partial charge in [-0.1, -0.05) is 6.07 Å². The number of anilines is 2. The van der Waals surface area contributed by atoms with E-state index < -0.39 is 38.7 Å². The Labute approximate surface area is 254 Å². The van der Waals surface area contributed by atoms with Gasteiger partial charge in [0, 0.05) is 35.5 Å². The van der Waals surface area contributed by atoms with Crippen LogP contribution in [-0.4, -0.2) is 70.7 Å². The first-order chi connectivity index (χ1) is 20.7. The molecule has 0 radical (unpaired) electrons. The van der Waals surface area contributed by atoms with Crippen molar-refractivity contribution in [3.05, 3.63) is 40.6 Å². The van der Waals surface area contributed by atoms with Crippen molar-refractivity contribution in [3.8, 4) is 11.3 Å². The standard InChI is InChI=1S/C30H38F3N7O3S/c1-17(2)40-26-24(14-34-28(37-26)35-20-6-8-21(9-7-20)39(3)4)36-25(27(40)41)19-5-10-23(22(31)11-19)38-44(42,43)15-18-12-29(13-18)16-30(29,32)33/h5,10-11,14,17-18,20-21,38H,6-9,12-13,15-16H2,1-4H3,(H,34,35,37)/t18?,20-,21-,29?. The fourth-order valence-electron chi connectivity index (χ4n) is 6.91. The molecule has 0 saturated heterocycles. The van der Waals surface area contributed by atoms with E-state index in [1.807, 2.05) is 13.8 Å². The van der Waals surface area contributed by atoms with Crippen LogP contribution in [0.3, 0.4) is 0 Å². The Morgan fingerprint density at radius 3 is 2.39 bits per heavy atom. The number of sulfonamides is 1. The molecule has 0 unspecified atom stereocenters. The van der Waals surface area contributed by atoms with Crippen LogP contribution in [0.5, 0.6) is 0 Å². The van der Waals surface area contributed by atoms with E-state index in [2.05, 4.69) is 44.0 Å². The Morgan fingerprint density at radius 1 is 1.11 bits per heavy atom. The molecule has 10 nitrogen and oxygen atoms in total. The van der Waals surface area contributed by atoms with Crippen molar-refractivity contribution in [2.24, 2.45) is 11.3 Å². The van der Waals surface area contributed by atoms with Gasteiger partial charge in [-0.25, -0.2) is 31.6 Å². The van der Waals surface area contributed by atoms with Crippen molar-refractivity contribution in [1.82, 2.24) is 24.4 Å². The van der Waals surface area contributed by atoms with Crippen LogP contribution in [0.15, 0.2) is 29.2 Å². The quantitative estimate of drug-likeness (QED) is 0.337. The fraction of sp³-hybridized carbons (Fsp3) is 0.600. The maximum Gasteiger partial charge on any atom is 0.278 e. The van der Waals surface area contributed by atoms with Crippen LogP contribution in [0.25, 0.3) is 22.4 Å². The predicted molar refractivity (Wildman–Crippen MR) is 163 cm³/mol. The summed E-state index contributed by atoms with van der Waals surface area (Å²) >= 11 is 0. The highest BCUT2D eigenvalue weighted by atomic mass is 32.2. The summed E-state index contributed by atoms with van der Waals surface area (Å²) in [5, 5.41) is 3.40. The highest BCUT2D eigenvalue weighted by molar-refractivity contribution is 7.92. The molecule has 0 atom stereocenters. The first kappa shape index (κ1) is 30.8. The molecule has 2 aromatic heterocycles. The average Bonchev–Trinajstić information content (AvgIpc) is 3.50. The molecule has 0 bridgehead atoms. The van der Waals surface area contributed by atoms with Crippen LogP contribution in [0.4, 0.5) is 24.8 Å². The number of nitrogens with one attached hydrogen (secondary N) is 2. The zero-order valence-electron chi connectivity index (χ0n) is 25.3. The molecular formula is C30H38F3N7O3S. The number of fused-ring (bicyclic) bond motifs is 1. The molecule has 0 amide bonds. The zero-order valence-corrected chi connectivity index (χ0v) is 26.1. The SMILES string of the molecule is CC(C)n1c(=O)c(-c2ccc(NS(=O)(=O)CC3CC4(C3)CC4(F)F)c(F)c2)nc2cnc(N[C@H]3CC[C@H](N(C)C)CC3)nc21. The second-order valence-corrected chi connectivity index (χ2v) is 15.0. The summed E-state index contributed by atoms with van der Waals surface area (Å²) in [4.78, 5) is 29.5. The molecule has 14 heteroatoms. The molecule has 2 heterocycles. The fourth-order valence-corrected chi connectivity index (χ4v) is 8.35. The summed E-state index contributed by atoms with van der Waals surface area (Å²) in [7, 11) is 0.214. The van der Waals surface area contributed by atoms with Gasteiger partial charge in [-0.05, 0) is 84.5 Å². The number of rotatable bonds is 9. The lowest BCUT2D eigenvalue weighted by molar-refractivity contribution is 0.00748. The molecule has 1 aromatic carbocycles. The van der Waals surface area contributed by atoms with Gasteiger partial charge in [0.15, 0.2) is 5.65 Å². The highest BCUT2D eigenvalue weighted by Gasteiger charge is 2.75. The molecule has 3 saturated carbocycles. The van der Waals surface area contributed by atoms with Crippen LogP contribution >= 0.6 is 0 Å². The number of aromatic nitrogens is 4. The molecule has 2 N–H and O–H groups in total. The van der Waals surface area contributed by atoms with E-state index in [1.165, 1.54) is 16.7 Å². The lowest BCUT2D eigenvalue weighted by atomic mass is 9.72. The molecule has 3 aliphatic carbocycles. The second-order valence-electron chi connectivity index (χ2n) is 13.3. The van der Waals surface area contributed by atoms with Gasteiger partial charge >= 0.3 is 0 Å². The van der Waals surface area contributed by atoms with Crippen molar-refractivity contribution in [2.45, 2.75) is 82.8 Å². The maximum atomic E-state index is 15.2. The number of hydrogen-bond donors (Lipinski definition) is 2. The first-order valence-corrected chi connectivity index (χ1v) is 16.7. The maximum absolute atomic E-state index is 15.2. The molecule has 6 rings (SSSR count). The highest BCUT2D eigenvalue weighted by Crippen LogP contribution is 2.72. The first-order valence-electron chi connectivity index (χ1n) is 15.1. The molecular weight excluding hydrogens is 595 g/mol. The van der Waals surface area contributed by atoms with E-state index in [0.29, 0.717) is 23.2 Å². The van der Waals surface area contributed by atoms with Crippen molar-refractivity contribution >= 4 is 32.8 Å². The Balaban J connectivity index is 1.20. The molecule has 3 aliphatic rings. The molecule has 3 aromatic rings. The minimum atomic E-state index is -3.97. The van der Waals surface area contributed by atoms with Gasteiger partial charge in [0.2, 0.25) is 16.0 Å². The summed E-state index contributed by atoms with van der Waals surface area (Å²) < 4.78 is 71.2. The summed E-state index contributed by atoms with van der Waals surface area (Å²) in [6, 6.07) is 4.20. The lowest BCUT2D eigenvalue weighted by Crippen LogP contribution is -2.36. The van der Waals surface area contributed by atoms with Crippen LogP contribution in [0, 0.1) is 17.2 Å². The van der Waals surface area contributed by atoms with Crippen LogP contribution in [0.2, 0.25) is 0 Å². The van der Waals surface area contributed by atoms with E-state index >= 15 is 4.39 Å². The third-order valence-electron chi connectivity index (χ3n) is 9.44. The van der Waals surface area contributed by atoms with E-state index in [0.717, 1.165) is 31.7 Å². The second kappa shape index (κ2) is 11.0. The number of alkyl halides is 2. The van der Waals surface area contributed by atoms with Crippen LogP contribution in [-0.2, 0) is 10.0 Å². The van der Waals surface area contributed by atoms with Gasteiger partial charge in [0.05, 0.1) is 17.6 Å². The third kappa shape index (κ3) is 5.78. The largest absolute Gasteiger partial charge is 0.351 e. The Morgan fingerprint density at radius 2 is 1.80 bits per heavy atom. The minimum Gasteiger partial charge on any atom is -0.351 e. The van der Waals surface area contributed by atoms with Crippen molar-refractivity contribution in [2.75, 3.05) is 29.9 Å². The zero-order chi connectivity index (χ0) is 31.6. The molecule has 3 fully saturated rings. The average molecular weight is 634 g/mol. The monoisotopic (exact) mass is 633 g/mol. The number of hydrogen-bond acceptors (Lipinski definition) is 8. The van der Waals surface area contributed by atoms with Gasteiger partial charge in [0.25, 0.3) is 11.5 Å². The normalized spacial score (nSPS) is 26.2.